The molecule has 1 saturated heterocycles. The van der Waals surface area contributed by atoms with Crippen LogP contribution in [0.1, 0.15) is 45.4 Å². The van der Waals surface area contributed by atoms with Crippen LogP contribution in [0.25, 0.3) is 10.7 Å². The molecule has 1 aliphatic heterocycles. The van der Waals surface area contributed by atoms with Gasteiger partial charge in [-0.05, 0) is 56.5 Å². The van der Waals surface area contributed by atoms with Gasteiger partial charge in [0.1, 0.15) is 0 Å². The van der Waals surface area contributed by atoms with Crippen molar-refractivity contribution in [1.29, 1.82) is 0 Å². The first-order chi connectivity index (χ1) is 14.3. The smallest absolute Gasteiger partial charge is 0.335 e. The molecule has 0 bridgehead atoms. The Morgan fingerprint density at radius 1 is 1.20 bits per heavy atom. The fourth-order valence-corrected chi connectivity index (χ4v) is 5.83. The number of piperidine rings is 1. The Balaban J connectivity index is 1.47. The third-order valence-corrected chi connectivity index (χ3v) is 8.17. The summed E-state index contributed by atoms with van der Waals surface area (Å²) in [6.45, 7) is 4.26. The van der Waals surface area contributed by atoms with E-state index in [0.717, 1.165) is 9.75 Å². The first-order valence-corrected chi connectivity index (χ1v) is 11.8. The maximum atomic E-state index is 13.0. The quantitative estimate of drug-likeness (QED) is 0.634. The molecule has 0 saturated carbocycles. The molecular weight excluding hydrogens is 426 g/mol. The van der Waals surface area contributed by atoms with Crippen LogP contribution in [0.15, 0.2) is 39.8 Å². The van der Waals surface area contributed by atoms with Crippen molar-refractivity contribution in [3.8, 4) is 10.7 Å². The maximum absolute atomic E-state index is 13.0. The topological polar surface area (TPSA) is 114 Å². The van der Waals surface area contributed by atoms with Gasteiger partial charge in [-0.25, -0.2) is 13.2 Å². The second kappa shape index (κ2) is 7.93. The number of sulfonamides is 1. The van der Waals surface area contributed by atoms with Gasteiger partial charge in [0.2, 0.25) is 21.7 Å². The molecule has 3 aromatic rings. The van der Waals surface area contributed by atoms with E-state index in [9.17, 15) is 18.3 Å². The minimum absolute atomic E-state index is 0.00269. The number of hydrogen-bond donors (Lipinski definition) is 1. The highest BCUT2D eigenvalue weighted by molar-refractivity contribution is 7.89. The van der Waals surface area contributed by atoms with Gasteiger partial charge in [-0.3, -0.25) is 0 Å². The summed E-state index contributed by atoms with van der Waals surface area (Å²) in [7, 11) is -3.77. The lowest BCUT2D eigenvalue weighted by atomic mass is 9.98. The molecule has 0 unspecified atom stereocenters. The summed E-state index contributed by atoms with van der Waals surface area (Å²) in [5, 5.41) is 13.3. The average molecular weight is 448 g/mol. The van der Waals surface area contributed by atoms with Crippen molar-refractivity contribution in [1.82, 2.24) is 14.4 Å². The minimum Gasteiger partial charge on any atom is -0.478 e. The molecule has 0 radical (unpaired) electrons. The van der Waals surface area contributed by atoms with Crippen molar-refractivity contribution in [2.75, 3.05) is 13.1 Å². The summed E-state index contributed by atoms with van der Waals surface area (Å²) in [6.07, 6.45) is 1.12. The number of aromatic nitrogens is 2. The molecule has 3 heterocycles. The van der Waals surface area contributed by atoms with Crippen LogP contribution < -0.4 is 0 Å². The van der Waals surface area contributed by atoms with E-state index < -0.39 is 16.0 Å². The third-order valence-electron chi connectivity index (χ3n) is 5.28. The molecule has 158 valence electrons. The summed E-state index contributed by atoms with van der Waals surface area (Å²) in [6, 6.07) is 8.16. The lowest BCUT2D eigenvalue weighted by molar-refractivity contribution is 0.0696. The van der Waals surface area contributed by atoms with Crippen molar-refractivity contribution >= 4 is 27.3 Å². The predicted molar refractivity (Wildman–Crippen MR) is 111 cm³/mol. The van der Waals surface area contributed by atoms with Gasteiger partial charge in [0.25, 0.3) is 0 Å². The molecule has 0 aliphatic carbocycles. The van der Waals surface area contributed by atoms with Gasteiger partial charge in [0.15, 0.2) is 0 Å². The third kappa shape index (κ3) is 3.90. The minimum atomic E-state index is -3.77. The summed E-state index contributed by atoms with van der Waals surface area (Å²) < 4.78 is 32.8. The lowest BCUT2D eigenvalue weighted by Gasteiger charge is -2.29. The van der Waals surface area contributed by atoms with Crippen LogP contribution in [0.3, 0.4) is 0 Å². The number of carbonyl (C=O) groups is 1. The van der Waals surface area contributed by atoms with Crippen LogP contribution in [0.5, 0.6) is 0 Å². The number of carboxylic acid groups (broad SMARTS) is 1. The molecular formula is C20H21N3O5S2. The highest BCUT2D eigenvalue weighted by atomic mass is 32.2. The standard InChI is InChI=1S/C20H21N3O5S2/c1-12-3-5-15(11-16(12)20(24)25)30(26,27)23-9-7-14(8-10-23)19-21-18(22-28-19)17-6-4-13(2)29-17/h3-6,11,14H,7-10H2,1-2H3,(H,24,25). The molecule has 1 fully saturated rings. The number of aromatic carboxylic acids is 1. The molecule has 4 rings (SSSR count). The Morgan fingerprint density at radius 2 is 1.93 bits per heavy atom. The number of carboxylic acids is 1. The first-order valence-electron chi connectivity index (χ1n) is 9.50. The maximum Gasteiger partial charge on any atom is 0.335 e. The number of hydrogen-bond acceptors (Lipinski definition) is 7. The monoisotopic (exact) mass is 447 g/mol. The van der Waals surface area contributed by atoms with Crippen LogP contribution >= 0.6 is 11.3 Å². The Hall–Kier alpha value is -2.56. The van der Waals surface area contributed by atoms with Gasteiger partial charge in [0.05, 0.1) is 15.3 Å². The van der Waals surface area contributed by atoms with E-state index in [4.69, 9.17) is 4.52 Å². The lowest BCUT2D eigenvalue weighted by Crippen LogP contribution is -2.38. The largest absolute Gasteiger partial charge is 0.478 e. The number of thiophene rings is 1. The van der Waals surface area contributed by atoms with Crippen molar-refractivity contribution in [2.45, 2.75) is 37.5 Å². The molecule has 30 heavy (non-hydrogen) atoms. The zero-order valence-corrected chi connectivity index (χ0v) is 18.2. The van der Waals surface area contributed by atoms with E-state index in [1.165, 1.54) is 22.5 Å². The fourth-order valence-electron chi connectivity index (χ4n) is 3.54. The van der Waals surface area contributed by atoms with Crippen molar-refractivity contribution < 1.29 is 22.8 Å². The van der Waals surface area contributed by atoms with Crippen LogP contribution in [-0.4, -0.2) is 47.0 Å². The Kier molecular flexibility index (Phi) is 5.48. The zero-order valence-electron chi connectivity index (χ0n) is 16.5. The Bertz CT molecular complexity index is 1190. The summed E-state index contributed by atoms with van der Waals surface area (Å²) in [5.41, 5.74) is 0.515. The van der Waals surface area contributed by atoms with Crippen LogP contribution in [0.2, 0.25) is 0 Å². The van der Waals surface area contributed by atoms with E-state index in [1.807, 2.05) is 19.1 Å². The molecule has 8 nitrogen and oxygen atoms in total. The zero-order chi connectivity index (χ0) is 21.5. The molecule has 1 N–H and O–H groups in total. The number of benzene rings is 1. The highest BCUT2D eigenvalue weighted by Crippen LogP contribution is 2.32. The summed E-state index contributed by atoms with van der Waals surface area (Å²) >= 11 is 1.59. The molecule has 0 spiro atoms. The van der Waals surface area contributed by atoms with Gasteiger partial charge in [0, 0.05) is 23.9 Å². The molecule has 0 amide bonds. The molecule has 10 heteroatoms. The normalized spacial score (nSPS) is 16.1. The van der Waals surface area contributed by atoms with Gasteiger partial charge in [-0.15, -0.1) is 11.3 Å². The van der Waals surface area contributed by atoms with Crippen LogP contribution in [-0.2, 0) is 10.0 Å². The highest BCUT2D eigenvalue weighted by Gasteiger charge is 2.32. The van der Waals surface area contributed by atoms with E-state index in [2.05, 4.69) is 10.1 Å². The number of aryl methyl sites for hydroxylation is 2. The van der Waals surface area contributed by atoms with E-state index in [0.29, 0.717) is 43.2 Å². The second-order valence-electron chi connectivity index (χ2n) is 7.33. The average Bonchev–Trinajstić information content (AvgIpc) is 3.37. The van der Waals surface area contributed by atoms with E-state index in [-0.39, 0.29) is 16.4 Å². The molecule has 0 atom stereocenters. The van der Waals surface area contributed by atoms with Crippen molar-refractivity contribution in [2.24, 2.45) is 0 Å². The van der Waals surface area contributed by atoms with Gasteiger partial charge >= 0.3 is 5.97 Å². The van der Waals surface area contributed by atoms with E-state index in [1.54, 1.807) is 18.3 Å². The molecule has 2 aromatic heterocycles. The Labute approximate surface area is 178 Å². The first kappa shape index (κ1) is 20.7. The van der Waals surface area contributed by atoms with Gasteiger partial charge in [-0.2, -0.15) is 9.29 Å². The fraction of sp³-hybridized carbons (Fsp3) is 0.350. The summed E-state index contributed by atoms with van der Waals surface area (Å²) in [5.74, 6) is -0.0710. The SMILES string of the molecule is Cc1ccc(-c2noc(C3CCN(S(=O)(=O)c4ccc(C)c(C(=O)O)c4)CC3)n2)s1. The Morgan fingerprint density at radius 3 is 2.57 bits per heavy atom. The molecule has 1 aliphatic rings. The van der Waals surface area contributed by atoms with E-state index >= 15 is 0 Å². The van der Waals surface area contributed by atoms with Gasteiger partial charge < -0.3 is 9.63 Å². The number of nitrogens with zero attached hydrogens (tertiary/aromatic N) is 3. The van der Waals surface area contributed by atoms with Crippen LogP contribution in [0.4, 0.5) is 0 Å². The molecule has 1 aromatic carbocycles. The number of rotatable bonds is 5. The second-order valence-corrected chi connectivity index (χ2v) is 10.6. The van der Waals surface area contributed by atoms with Crippen molar-refractivity contribution in [3.63, 3.8) is 0 Å². The van der Waals surface area contributed by atoms with Crippen molar-refractivity contribution in [3.05, 3.63) is 52.2 Å². The predicted octanol–water partition coefficient (Wildman–Crippen LogP) is 3.68. The van der Waals surface area contributed by atoms with Gasteiger partial charge in [-0.1, -0.05) is 11.2 Å². The van der Waals surface area contributed by atoms with Crippen LogP contribution in [0, 0.1) is 13.8 Å². The summed E-state index contributed by atoms with van der Waals surface area (Å²) in [4.78, 5) is 18.0.